The highest BCUT2D eigenvalue weighted by Crippen LogP contribution is 2.47. The zero-order chi connectivity index (χ0) is 20.4. The number of carbonyl (C=O) groups excluding carboxylic acids is 1. The van der Waals surface area contributed by atoms with Gasteiger partial charge in [0.05, 0.1) is 36.9 Å². The number of rotatable bonds is 6. The SMILES string of the molecule is CC1(C)CN(C(C=O)Cc2ccccc2)c2ccccc2C1n1cncc1CO. The van der Waals surface area contributed by atoms with Gasteiger partial charge in [-0.3, -0.25) is 0 Å². The molecule has 1 aliphatic rings. The van der Waals surface area contributed by atoms with Crippen LogP contribution in [0.5, 0.6) is 0 Å². The van der Waals surface area contributed by atoms with Crippen molar-refractivity contribution in [1.82, 2.24) is 9.55 Å². The number of hydrogen-bond acceptors (Lipinski definition) is 4. The molecule has 0 bridgehead atoms. The number of anilines is 1. The molecule has 2 atom stereocenters. The number of aromatic nitrogens is 2. The van der Waals surface area contributed by atoms with Gasteiger partial charge in [-0.2, -0.15) is 0 Å². The van der Waals surface area contributed by atoms with Crippen LogP contribution in [0.25, 0.3) is 0 Å². The predicted molar refractivity (Wildman–Crippen MR) is 114 cm³/mol. The lowest BCUT2D eigenvalue weighted by Crippen LogP contribution is -2.51. The lowest BCUT2D eigenvalue weighted by molar-refractivity contribution is -0.109. The number of hydrogen-bond donors (Lipinski definition) is 1. The third-order valence-electron chi connectivity index (χ3n) is 5.89. The van der Waals surface area contributed by atoms with E-state index in [4.69, 9.17) is 0 Å². The van der Waals surface area contributed by atoms with Crippen LogP contribution < -0.4 is 4.90 Å². The maximum Gasteiger partial charge on any atom is 0.142 e. The molecule has 5 nitrogen and oxygen atoms in total. The summed E-state index contributed by atoms with van der Waals surface area (Å²) in [5.41, 5.74) is 4.00. The zero-order valence-corrected chi connectivity index (χ0v) is 16.9. The van der Waals surface area contributed by atoms with Crippen molar-refractivity contribution in [2.24, 2.45) is 5.41 Å². The summed E-state index contributed by atoms with van der Waals surface area (Å²) in [5, 5.41) is 9.78. The van der Waals surface area contributed by atoms with Crippen LogP contribution >= 0.6 is 0 Å². The average Bonchev–Trinajstić information content (AvgIpc) is 3.19. The minimum absolute atomic E-state index is 0.0311. The molecule has 29 heavy (non-hydrogen) atoms. The van der Waals surface area contributed by atoms with Gasteiger partial charge in [0.1, 0.15) is 6.29 Å². The molecule has 2 heterocycles. The van der Waals surface area contributed by atoms with Gasteiger partial charge >= 0.3 is 0 Å². The molecule has 4 rings (SSSR count). The smallest absolute Gasteiger partial charge is 0.142 e. The number of aldehydes is 1. The fraction of sp³-hybridized carbons (Fsp3) is 0.333. The quantitative estimate of drug-likeness (QED) is 0.654. The fourth-order valence-electron chi connectivity index (χ4n) is 4.61. The Kier molecular flexibility index (Phi) is 5.24. The summed E-state index contributed by atoms with van der Waals surface area (Å²) in [6.45, 7) is 5.11. The molecule has 0 aliphatic carbocycles. The van der Waals surface area contributed by atoms with Gasteiger partial charge in [-0.15, -0.1) is 0 Å². The van der Waals surface area contributed by atoms with Gasteiger partial charge in [0.25, 0.3) is 0 Å². The summed E-state index contributed by atoms with van der Waals surface area (Å²) in [5.74, 6) is 0. The standard InChI is InChI=1S/C24H27N3O2/c1-24(2)16-26(19(14-28)12-18-8-4-3-5-9-18)22-11-7-6-10-21(22)23(24)27-17-25-13-20(27)15-29/h3-11,13-14,17,19,23,29H,12,15-16H2,1-2H3. The topological polar surface area (TPSA) is 58.4 Å². The minimum atomic E-state index is -0.237. The number of benzene rings is 2. The first kappa shape index (κ1) is 19.4. The van der Waals surface area contributed by atoms with Gasteiger partial charge in [-0.25, -0.2) is 4.98 Å². The molecule has 2 unspecified atom stereocenters. The summed E-state index contributed by atoms with van der Waals surface area (Å²) >= 11 is 0. The van der Waals surface area contributed by atoms with Crippen LogP contribution in [-0.4, -0.2) is 33.5 Å². The molecule has 5 heteroatoms. The van der Waals surface area contributed by atoms with Crippen molar-refractivity contribution in [2.45, 2.75) is 39.0 Å². The fourth-order valence-corrected chi connectivity index (χ4v) is 4.61. The Labute approximate surface area is 171 Å². The van der Waals surface area contributed by atoms with Gasteiger partial charge in [-0.1, -0.05) is 62.4 Å². The number of aliphatic hydroxyl groups excluding tert-OH is 1. The van der Waals surface area contributed by atoms with E-state index in [1.54, 1.807) is 12.5 Å². The molecule has 2 aromatic carbocycles. The first-order chi connectivity index (χ1) is 14.0. The van der Waals surface area contributed by atoms with Crippen LogP contribution in [0.1, 0.15) is 36.7 Å². The van der Waals surface area contributed by atoms with Crippen molar-refractivity contribution in [3.63, 3.8) is 0 Å². The Balaban J connectivity index is 1.77. The largest absolute Gasteiger partial charge is 0.390 e. The second kappa shape index (κ2) is 7.84. The molecule has 150 valence electrons. The molecule has 0 radical (unpaired) electrons. The van der Waals surface area contributed by atoms with Crippen molar-refractivity contribution in [3.05, 3.63) is 83.9 Å². The highest BCUT2D eigenvalue weighted by molar-refractivity contribution is 5.70. The zero-order valence-electron chi connectivity index (χ0n) is 16.9. The Morgan fingerprint density at radius 1 is 1.17 bits per heavy atom. The first-order valence-electron chi connectivity index (χ1n) is 10.0. The number of para-hydroxylation sites is 1. The molecular formula is C24H27N3O2. The van der Waals surface area contributed by atoms with Crippen LogP contribution in [0.4, 0.5) is 5.69 Å². The van der Waals surface area contributed by atoms with Crippen LogP contribution in [0, 0.1) is 5.41 Å². The molecule has 1 aromatic heterocycles. The van der Waals surface area contributed by atoms with E-state index in [-0.39, 0.29) is 24.1 Å². The molecular weight excluding hydrogens is 362 g/mol. The van der Waals surface area contributed by atoms with Crippen molar-refractivity contribution in [3.8, 4) is 0 Å². The van der Waals surface area contributed by atoms with E-state index in [0.717, 1.165) is 35.3 Å². The summed E-state index contributed by atoms with van der Waals surface area (Å²) in [6.07, 6.45) is 5.25. The van der Waals surface area contributed by atoms with Gasteiger partial charge < -0.3 is 19.4 Å². The Morgan fingerprint density at radius 2 is 1.90 bits per heavy atom. The molecule has 3 aromatic rings. The van der Waals surface area contributed by atoms with E-state index in [1.165, 1.54) is 0 Å². The van der Waals surface area contributed by atoms with E-state index in [2.05, 4.69) is 52.6 Å². The summed E-state index contributed by atoms with van der Waals surface area (Å²) < 4.78 is 2.07. The average molecular weight is 389 g/mol. The van der Waals surface area contributed by atoms with Crippen molar-refractivity contribution in [2.75, 3.05) is 11.4 Å². The summed E-state index contributed by atoms with van der Waals surface area (Å²) in [6, 6.07) is 18.2. The minimum Gasteiger partial charge on any atom is -0.390 e. The van der Waals surface area contributed by atoms with Gasteiger partial charge in [0, 0.05) is 17.6 Å². The van der Waals surface area contributed by atoms with E-state index in [9.17, 15) is 9.90 Å². The monoisotopic (exact) mass is 389 g/mol. The lowest BCUT2D eigenvalue weighted by Gasteiger charge is -2.48. The van der Waals surface area contributed by atoms with Gasteiger partial charge in [-0.05, 0) is 23.6 Å². The molecule has 0 fully saturated rings. The second-order valence-electron chi connectivity index (χ2n) is 8.42. The van der Waals surface area contributed by atoms with Crippen LogP contribution in [0.3, 0.4) is 0 Å². The highest BCUT2D eigenvalue weighted by atomic mass is 16.3. The Bertz CT molecular complexity index is 981. The maximum absolute atomic E-state index is 12.2. The molecule has 0 amide bonds. The van der Waals surface area contributed by atoms with E-state index in [1.807, 2.05) is 30.3 Å². The number of fused-ring (bicyclic) bond motifs is 1. The normalized spacial score (nSPS) is 18.9. The van der Waals surface area contributed by atoms with Crippen molar-refractivity contribution < 1.29 is 9.90 Å². The van der Waals surface area contributed by atoms with Crippen molar-refractivity contribution >= 4 is 12.0 Å². The van der Waals surface area contributed by atoms with Crippen molar-refractivity contribution in [1.29, 1.82) is 0 Å². The Morgan fingerprint density at radius 3 is 2.62 bits per heavy atom. The summed E-state index contributed by atoms with van der Waals surface area (Å²) in [7, 11) is 0. The lowest BCUT2D eigenvalue weighted by atomic mass is 9.75. The first-order valence-corrected chi connectivity index (χ1v) is 10.0. The predicted octanol–water partition coefficient (Wildman–Crippen LogP) is 3.62. The number of carbonyl (C=O) groups is 1. The third-order valence-corrected chi connectivity index (χ3v) is 5.89. The summed E-state index contributed by atoms with van der Waals surface area (Å²) in [4.78, 5) is 18.7. The Hall–Kier alpha value is -2.92. The molecule has 0 saturated heterocycles. The molecule has 0 spiro atoms. The maximum atomic E-state index is 12.2. The van der Waals surface area contributed by atoms with Crippen LogP contribution in [-0.2, 0) is 17.8 Å². The van der Waals surface area contributed by atoms with E-state index >= 15 is 0 Å². The van der Waals surface area contributed by atoms with E-state index in [0.29, 0.717) is 6.42 Å². The molecule has 1 aliphatic heterocycles. The third kappa shape index (κ3) is 3.58. The number of imidazole rings is 1. The van der Waals surface area contributed by atoms with Gasteiger partial charge in [0.2, 0.25) is 0 Å². The van der Waals surface area contributed by atoms with Crippen LogP contribution in [0.15, 0.2) is 67.1 Å². The number of nitrogens with zero attached hydrogens (tertiary/aromatic N) is 3. The van der Waals surface area contributed by atoms with E-state index < -0.39 is 0 Å². The highest BCUT2D eigenvalue weighted by Gasteiger charge is 2.42. The second-order valence-corrected chi connectivity index (χ2v) is 8.42. The van der Waals surface area contributed by atoms with Crippen LogP contribution in [0.2, 0.25) is 0 Å². The molecule has 1 N–H and O–H groups in total. The number of aliphatic hydroxyl groups is 1. The molecule has 0 saturated carbocycles. The van der Waals surface area contributed by atoms with Gasteiger partial charge in [0.15, 0.2) is 0 Å².